The number of nitrogens with one attached hydrogen (secondary N) is 2. The van der Waals surface area contributed by atoms with Crippen molar-refractivity contribution in [2.75, 3.05) is 25.5 Å². The third-order valence-electron chi connectivity index (χ3n) is 5.43. The summed E-state index contributed by atoms with van der Waals surface area (Å²) in [6.45, 7) is 2.04. The molecule has 0 aromatic heterocycles. The number of fused-ring (bicyclic) bond motifs is 1. The third-order valence-corrected chi connectivity index (χ3v) is 5.43. The van der Waals surface area contributed by atoms with Gasteiger partial charge in [-0.3, -0.25) is 9.59 Å². The van der Waals surface area contributed by atoms with Gasteiger partial charge in [0, 0.05) is 22.9 Å². The summed E-state index contributed by atoms with van der Waals surface area (Å²) in [7, 11) is 2.12. The van der Waals surface area contributed by atoms with Crippen LogP contribution in [-0.4, -0.2) is 42.9 Å². The molecule has 0 saturated carbocycles. The van der Waals surface area contributed by atoms with Gasteiger partial charge in [-0.05, 0) is 56.7 Å². The molecule has 144 valence electrons. The highest BCUT2D eigenvalue weighted by molar-refractivity contribution is 6.36. The number of piperidine rings is 1. The molecule has 1 fully saturated rings. The SMILES string of the molecule is CN1CCC(N/C(=C2\C(=O)Nc3ccc(C(N)=O)cc32)c2ccccc2)CC1. The van der Waals surface area contributed by atoms with Gasteiger partial charge in [0.25, 0.3) is 5.91 Å². The molecule has 4 N–H and O–H groups in total. The fourth-order valence-corrected chi connectivity index (χ4v) is 3.83. The molecule has 0 aliphatic carbocycles. The van der Waals surface area contributed by atoms with Crippen molar-refractivity contribution in [3.63, 3.8) is 0 Å². The molecule has 2 aromatic carbocycles. The van der Waals surface area contributed by atoms with E-state index in [0.29, 0.717) is 22.4 Å². The first-order valence-electron chi connectivity index (χ1n) is 9.53. The Hall–Kier alpha value is -3.12. The van der Waals surface area contributed by atoms with E-state index in [1.54, 1.807) is 18.2 Å². The second kappa shape index (κ2) is 7.48. The summed E-state index contributed by atoms with van der Waals surface area (Å²) in [4.78, 5) is 26.9. The fourth-order valence-electron chi connectivity index (χ4n) is 3.83. The molecule has 0 radical (unpaired) electrons. The molecule has 0 unspecified atom stereocenters. The lowest BCUT2D eigenvalue weighted by Crippen LogP contribution is -2.40. The van der Waals surface area contributed by atoms with Gasteiger partial charge in [0.15, 0.2) is 0 Å². The number of likely N-dealkylation sites (tertiary alicyclic amines) is 1. The molecule has 6 heteroatoms. The van der Waals surface area contributed by atoms with Crippen LogP contribution in [0.3, 0.4) is 0 Å². The van der Waals surface area contributed by atoms with Gasteiger partial charge in [-0.15, -0.1) is 0 Å². The van der Waals surface area contributed by atoms with Crippen LogP contribution in [0.2, 0.25) is 0 Å². The summed E-state index contributed by atoms with van der Waals surface area (Å²) in [5, 5.41) is 6.54. The zero-order chi connectivity index (χ0) is 19.7. The van der Waals surface area contributed by atoms with Crippen LogP contribution >= 0.6 is 0 Å². The maximum Gasteiger partial charge on any atom is 0.258 e. The number of hydrogen-bond acceptors (Lipinski definition) is 4. The lowest BCUT2D eigenvalue weighted by Gasteiger charge is -2.31. The van der Waals surface area contributed by atoms with Crippen molar-refractivity contribution in [2.24, 2.45) is 5.73 Å². The average Bonchev–Trinajstić information content (AvgIpc) is 3.03. The van der Waals surface area contributed by atoms with Crippen molar-refractivity contribution in [3.05, 3.63) is 65.2 Å². The number of primary amides is 1. The Morgan fingerprint density at radius 1 is 1.11 bits per heavy atom. The van der Waals surface area contributed by atoms with E-state index >= 15 is 0 Å². The molecule has 2 aliphatic rings. The zero-order valence-electron chi connectivity index (χ0n) is 15.9. The molecule has 2 aliphatic heterocycles. The highest BCUT2D eigenvalue weighted by Crippen LogP contribution is 2.37. The molecule has 0 spiro atoms. The van der Waals surface area contributed by atoms with E-state index in [2.05, 4.69) is 22.6 Å². The van der Waals surface area contributed by atoms with Crippen molar-refractivity contribution in [2.45, 2.75) is 18.9 Å². The quantitative estimate of drug-likeness (QED) is 0.715. The van der Waals surface area contributed by atoms with Gasteiger partial charge in [0.1, 0.15) is 0 Å². The van der Waals surface area contributed by atoms with Crippen LogP contribution in [0.15, 0.2) is 48.5 Å². The van der Waals surface area contributed by atoms with Gasteiger partial charge >= 0.3 is 0 Å². The van der Waals surface area contributed by atoms with Crippen molar-refractivity contribution < 1.29 is 9.59 Å². The molecule has 2 heterocycles. The molecule has 4 rings (SSSR count). The molecule has 0 bridgehead atoms. The molecule has 1 saturated heterocycles. The van der Waals surface area contributed by atoms with Gasteiger partial charge in [0.05, 0.1) is 11.3 Å². The van der Waals surface area contributed by atoms with Gasteiger partial charge in [-0.25, -0.2) is 0 Å². The highest BCUT2D eigenvalue weighted by Gasteiger charge is 2.30. The van der Waals surface area contributed by atoms with Crippen LogP contribution in [0, 0.1) is 0 Å². The van der Waals surface area contributed by atoms with Crippen LogP contribution in [0.1, 0.15) is 34.3 Å². The Kier molecular flexibility index (Phi) is 4.88. The van der Waals surface area contributed by atoms with E-state index in [-0.39, 0.29) is 11.9 Å². The summed E-state index contributed by atoms with van der Waals surface area (Å²) in [6.07, 6.45) is 2.02. The molecule has 2 amide bonds. The molecule has 28 heavy (non-hydrogen) atoms. The normalized spacial score (nSPS) is 19.1. The number of anilines is 1. The monoisotopic (exact) mass is 376 g/mol. The number of carbonyl (C=O) groups excluding carboxylic acids is 2. The van der Waals surface area contributed by atoms with Gasteiger partial charge in [-0.2, -0.15) is 0 Å². The van der Waals surface area contributed by atoms with Crippen molar-refractivity contribution >= 4 is 28.8 Å². The summed E-state index contributed by atoms with van der Waals surface area (Å²) in [5.41, 5.74) is 9.56. The van der Waals surface area contributed by atoms with Gasteiger partial charge < -0.3 is 21.3 Å². The minimum atomic E-state index is -0.508. The second-order valence-electron chi connectivity index (χ2n) is 7.42. The Morgan fingerprint density at radius 2 is 1.82 bits per heavy atom. The van der Waals surface area contributed by atoms with E-state index in [0.717, 1.165) is 37.2 Å². The second-order valence-corrected chi connectivity index (χ2v) is 7.42. The van der Waals surface area contributed by atoms with Crippen LogP contribution in [0.25, 0.3) is 11.3 Å². The first-order valence-corrected chi connectivity index (χ1v) is 9.53. The molecular weight excluding hydrogens is 352 g/mol. The van der Waals surface area contributed by atoms with E-state index in [1.807, 2.05) is 30.3 Å². The standard InChI is InChI=1S/C22H24N4O2/c1-26-11-9-16(10-12-26)24-20(14-5-3-2-4-6-14)19-17-13-15(21(23)27)7-8-18(17)25-22(19)28/h2-8,13,16,24H,9-12H2,1H3,(H2,23,27)(H,25,28)/b20-19-. The van der Waals surface area contributed by atoms with Crippen molar-refractivity contribution in [1.82, 2.24) is 10.2 Å². The lowest BCUT2D eigenvalue weighted by molar-refractivity contribution is -0.110. The number of rotatable bonds is 4. The first-order chi connectivity index (χ1) is 13.5. The predicted molar refractivity (Wildman–Crippen MR) is 111 cm³/mol. The Bertz CT molecular complexity index is 944. The Labute approximate surface area is 164 Å². The predicted octanol–water partition coefficient (Wildman–Crippen LogP) is 2.29. The van der Waals surface area contributed by atoms with E-state index in [9.17, 15) is 9.59 Å². The van der Waals surface area contributed by atoms with Crippen LogP contribution in [0.5, 0.6) is 0 Å². The first kappa shape index (κ1) is 18.3. The summed E-state index contributed by atoms with van der Waals surface area (Å²) < 4.78 is 0. The summed E-state index contributed by atoms with van der Waals surface area (Å²) >= 11 is 0. The minimum Gasteiger partial charge on any atom is -0.381 e. The number of carbonyl (C=O) groups is 2. The molecule has 0 atom stereocenters. The maximum absolute atomic E-state index is 12.9. The molecular formula is C22H24N4O2. The molecule has 2 aromatic rings. The lowest BCUT2D eigenvalue weighted by atomic mass is 9.96. The number of nitrogens with zero attached hydrogens (tertiary/aromatic N) is 1. The minimum absolute atomic E-state index is 0.170. The summed E-state index contributed by atoms with van der Waals surface area (Å²) in [6, 6.07) is 15.2. The average molecular weight is 376 g/mol. The number of nitrogens with two attached hydrogens (primary N) is 1. The van der Waals surface area contributed by atoms with Crippen LogP contribution in [0.4, 0.5) is 5.69 Å². The smallest absolute Gasteiger partial charge is 0.258 e. The van der Waals surface area contributed by atoms with Gasteiger partial charge in [0.2, 0.25) is 5.91 Å². The van der Waals surface area contributed by atoms with Crippen LogP contribution < -0.4 is 16.4 Å². The Morgan fingerprint density at radius 3 is 2.50 bits per heavy atom. The largest absolute Gasteiger partial charge is 0.381 e. The van der Waals surface area contributed by atoms with Crippen molar-refractivity contribution in [1.29, 1.82) is 0 Å². The highest BCUT2D eigenvalue weighted by atomic mass is 16.2. The zero-order valence-corrected chi connectivity index (χ0v) is 15.9. The fraction of sp³-hybridized carbons (Fsp3) is 0.273. The van der Waals surface area contributed by atoms with Gasteiger partial charge in [-0.1, -0.05) is 30.3 Å². The van der Waals surface area contributed by atoms with Crippen LogP contribution in [-0.2, 0) is 4.79 Å². The Balaban J connectivity index is 1.81. The number of amides is 2. The summed E-state index contributed by atoms with van der Waals surface area (Å²) in [5.74, 6) is -0.679. The van der Waals surface area contributed by atoms with E-state index in [1.165, 1.54) is 0 Å². The van der Waals surface area contributed by atoms with E-state index < -0.39 is 5.91 Å². The van der Waals surface area contributed by atoms with E-state index in [4.69, 9.17) is 5.73 Å². The molecule has 6 nitrogen and oxygen atoms in total. The van der Waals surface area contributed by atoms with Crippen molar-refractivity contribution in [3.8, 4) is 0 Å². The number of hydrogen-bond donors (Lipinski definition) is 3. The maximum atomic E-state index is 12.9. The third kappa shape index (κ3) is 3.51. The number of benzene rings is 2. The topological polar surface area (TPSA) is 87.5 Å².